The van der Waals surface area contributed by atoms with Crippen molar-refractivity contribution in [3.8, 4) is 11.8 Å². The summed E-state index contributed by atoms with van der Waals surface area (Å²) in [5.74, 6) is 4.94. The van der Waals surface area contributed by atoms with Crippen LogP contribution < -0.4 is 0 Å². The first-order valence-corrected chi connectivity index (χ1v) is 6.21. The van der Waals surface area contributed by atoms with Crippen LogP contribution >= 0.6 is 46.1 Å². The molecule has 0 amide bonds. The molecule has 1 N–H and O–H groups in total. The maximum atomic E-state index is 10.4. The van der Waals surface area contributed by atoms with Crippen LogP contribution in [0.25, 0.3) is 0 Å². The predicted octanol–water partition coefficient (Wildman–Crippen LogP) is 3.28. The van der Waals surface area contributed by atoms with E-state index in [1.165, 1.54) is 11.3 Å². The molecule has 3 nitrogen and oxygen atoms in total. The van der Waals surface area contributed by atoms with E-state index < -0.39 is 9.69 Å². The van der Waals surface area contributed by atoms with E-state index >= 15 is 0 Å². The number of hydrogen-bond acceptors (Lipinski definition) is 4. The van der Waals surface area contributed by atoms with E-state index in [9.17, 15) is 4.79 Å². The standard InChI is InChI=1S/C10H6Cl3NO2S/c11-10(12,13)9(14)16-5-1-2-7-3-4-8(6-15)17-7/h3-4,6,14H,5H2. The van der Waals surface area contributed by atoms with E-state index in [-0.39, 0.29) is 6.61 Å². The van der Waals surface area contributed by atoms with Gasteiger partial charge in [0.1, 0.15) is 0 Å². The molecular formula is C10H6Cl3NO2S. The maximum absolute atomic E-state index is 10.4. The molecule has 0 spiro atoms. The molecule has 0 saturated carbocycles. The largest absolute Gasteiger partial charge is 0.465 e. The number of rotatable bonds is 2. The van der Waals surface area contributed by atoms with Crippen molar-refractivity contribution in [3.63, 3.8) is 0 Å². The highest BCUT2D eigenvalue weighted by Gasteiger charge is 2.28. The van der Waals surface area contributed by atoms with Crippen LogP contribution in [0, 0.1) is 17.3 Å². The van der Waals surface area contributed by atoms with Gasteiger partial charge in [0.2, 0.25) is 5.90 Å². The molecule has 0 bridgehead atoms. The fourth-order valence-corrected chi connectivity index (χ4v) is 1.66. The number of ether oxygens (including phenoxy) is 1. The number of aldehydes is 1. The van der Waals surface area contributed by atoms with E-state index in [2.05, 4.69) is 11.8 Å². The van der Waals surface area contributed by atoms with E-state index in [1.54, 1.807) is 12.1 Å². The fourth-order valence-electron chi connectivity index (χ4n) is 0.797. The van der Waals surface area contributed by atoms with Crippen molar-refractivity contribution in [1.29, 1.82) is 5.41 Å². The van der Waals surface area contributed by atoms with Crippen molar-refractivity contribution < 1.29 is 9.53 Å². The van der Waals surface area contributed by atoms with Crippen LogP contribution in [0.3, 0.4) is 0 Å². The van der Waals surface area contributed by atoms with Gasteiger partial charge in [0, 0.05) is 0 Å². The Balaban J connectivity index is 2.47. The second-order valence-corrected chi connectivity index (χ2v) is 6.13. The van der Waals surface area contributed by atoms with Crippen molar-refractivity contribution in [2.24, 2.45) is 0 Å². The molecule has 1 heterocycles. The lowest BCUT2D eigenvalue weighted by Gasteiger charge is -2.10. The smallest absolute Gasteiger partial charge is 0.265 e. The van der Waals surface area contributed by atoms with Gasteiger partial charge in [-0.25, -0.2) is 0 Å². The normalized spacial score (nSPS) is 10.3. The van der Waals surface area contributed by atoms with Gasteiger partial charge in [0.05, 0.1) is 9.75 Å². The molecule has 1 aromatic rings. The van der Waals surface area contributed by atoms with Gasteiger partial charge < -0.3 is 4.74 Å². The quantitative estimate of drug-likeness (QED) is 0.300. The summed E-state index contributed by atoms with van der Waals surface area (Å²) in [5.41, 5.74) is 0. The van der Waals surface area contributed by atoms with Gasteiger partial charge in [-0.2, -0.15) is 0 Å². The van der Waals surface area contributed by atoms with E-state index in [0.717, 1.165) is 11.2 Å². The summed E-state index contributed by atoms with van der Waals surface area (Å²) in [6, 6.07) is 3.40. The zero-order chi connectivity index (χ0) is 12.9. The number of thiophene rings is 1. The van der Waals surface area contributed by atoms with Gasteiger partial charge in [0.15, 0.2) is 12.9 Å². The number of carbonyl (C=O) groups excluding carboxylic acids is 1. The summed E-state index contributed by atoms with van der Waals surface area (Å²) >= 11 is 17.5. The minimum absolute atomic E-state index is 0.0545. The fraction of sp³-hybridized carbons (Fsp3) is 0.200. The second-order valence-electron chi connectivity index (χ2n) is 2.74. The number of nitrogens with one attached hydrogen (secondary N) is 1. The molecule has 90 valence electrons. The van der Waals surface area contributed by atoms with Crippen LogP contribution in [0.1, 0.15) is 14.5 Å². The Morgan fingerprint density at radius 1 is 1.53 bits per heavy atom. The number of hydrogen-bond donors (Lipinski definition) is 1. The van der Waals surface area contributed by atoms with Crippen molar-refractivity contribution in [2.45, 2.75) is 3.79 Å². The zero-order valence-corrected chi connectivity index (χ0v) is 11.4. The monoisotopic (exact) mass is 309 g/mol. The first-order chi connectivity index (χ1) is 7.93. The topological polar surface area (TPSA) is 50.1 Å². The van der Waals surface area contributed by atoms with Crippen LogP contribution in [0.5, 0.6) is 0 Å². The number of carbonyl (C=O) groups is 1. The molecule has 7 heteroatoms. The highest BCUT2D eigenvalue weighted by Crippen LogP contribution is 2.27. The molecule has 0 radical (unpaired) electrons. The average molecular weight is 311 g/mol. The Labute approximate surface area is 117 Å². The van der Waals surface area contributed by atoms with Crippen LogP contribution in [-0.4, -0.2) is 22.6 Å². The molecule has 0 saturated heterocycles. The Hall–Kier alpha value is -0.730. The Kier molecular flexibility index (Phi) is 5.29. The van der Waals surface area contributed by atoms with Crippen molar-refractivity contribution in [1.82, 2.24) is 0 Å². The molecule has 0 aliphatic carbocycles. The molecule has 0 atom stereocenters. The summed E-state index contributed by atoms with van der Waals surface area (Å²) in [6.45, 7) is -0.0545. The Bertz CT molecular complexity index is 482. The molecule has 0 fully saturated rings. The lowest BCUT2D eigenvalue weighted by atomic mass is 10.4. The summed E-state index contributed by atoms with van der Waals surface area (Å²) in [6.07, 6.45) is 0.755. The van der Waals surface area contributed by atoms with Crippen molar-refractivity contribution in [2.75, 3.05) is 6.61 Å². The third-order valence-corrected chi connectivity index (χ3v) is 2.94. The summed E-state index contributed by atoms with van der Waals surface area (Å²) in [5, 5.41) is 7.23. The molecular weight excluding hydrogens is 305 g/mol. The highest BCUT2D eigenvalue weighted by molar-refractivity contribution is 7.14. The van der Waals surface area contributed by atoms with Crippen molar-refractivity contribution in [3.05, 3.63) is 21.9 Å². The summed E-state index contributed by atoms with van der Waals surface area (Å²) < 4.78 is 2.94. The molecule has 0 aliphatic heterocycles. The molecule has 17 heavy (non-hydrogen) atoms. The SMILES string of the molecule is N=C(OCC#Cc1ccc(C=O)s1)C(Cl)(Cl)Cl. The number of alkyl halides is 3. The van der Waals surface area contributed by atoms with Crippen LogP contribution in [-0.2, 0) is 4.74 Å². The van der Waals surface area contributed by atoms with Gasteiger partial charge in [-0.1, -0.05) is 46.6 Å². The third-order valence-electron chi connectivity index (χ3n) is 1.50. The maximum Gasteiger partial charge on any atom is 0.265 e. The van der Waals surface area contributed by atoms with E-state index in [0.29, 0.717) is 4.88 Å². The van der Waals surface area contributed by atoms with E-state index in [4.69, 9.17) is 44.9 Å². The average Bonchev–Trinajstić information content (AvgIpc) is 2.70. The minimum atomic E-state index is -1.87. The summed E-state index contributed by atoms with van der Waals surface area (Å²) in [4.78, 5) is 11.7. The molecule has 0 aliphatic rings. The Morgan fingerprint density at radius 3 is 2.76 bits per heavy atom. The summed E-state index contributed by atoms with van der Waals surface area (Å²) in [7, 11) is 0. The van der Waals surface area contributed by atoms with Gasteiger partial charge in [0.25, 0.3) is 3.79 Å². The molecule has 1 rings (SSSR count). The van der Waals surface area contributed by atoms with Crippen LogP contribution in [0.2, 0.25) is 0 Å². The first-order valence-electron chi connectivity index (χ1n) is 4.26. The van der Waals surface area contributed by atoms with Gasteiger partial charge in [-0.15, -0.1) is 11.3 Å². The minimum Gasteiger partial charge on any atom is -0.465 e. The molecule has 1 aromatic heterocycles. The van der Waals surface area contributed by atoms with Gasteiger partial charge >= 0.3 is 0 Å². The lowest BCUT2D eigenvalue weighted by molar-refractivity contribution is 0.112. The highest BCUT2D eigenvalue weighted by atomic mass is 35.6. The lowest BCUT2D eigenvalue weighted by Crippen LogP contribution is -2.21. The Morgan fingerprint density at radius 2 is 2.24 bits per heavy atom. The number of halogens is 3. The van der Waals surface area contributed by atoms with Crippen molar-refractivity contribution >= 4 is 58.3 Å². The van der Waals surface area contributed by atoms with Gasteiger partial charge in [-0.3, -0.25) is 10.2 Å². The van der Waals surface area contributed by atoms with Crippen LogP contribution in [0.4, 0.5) is 0 Å². The van der Waals surface area contributed by atoms with E-state index in [1.807, 2.05) is 0 Å². The predicted molar refractivity (Wildman–Crippen MR) is 70.6 cm³/mol. The zero-order valence-electron chi connectivity index (χ0n) is 8.30. The van der Waals surface area contributed by atoms with Crippen LogP contribution in [0.15, 0.2) is 12.1 Å². The third kappa shape index (κ3) is 4.97. The van der Waals surface area contributed by atoms with Gasteiger partial charge in [-0.05, 0) is 12.1 Å². The first kappa shape index (κ1) is 14.3. The molecule has 0 aromatic carbocycles. The second kappa shape index (κ2) is 6.27. The molecule has 0 unspecified atom stereocenters.